The molecule has 0 radical (unpaired) electrons. The van der Waals surface area contributed by atoms with E-state index >= 15 is 0 Å². The van der Waals surface area contributed by atoms with E-state index in [2.05, 4.69) is 6.92 Å². The Hall–Kier alpha value is -3.69. The lowest BCUT2D eigenvalue weighted by Gasteiger charge is -2.26. The van der Waals surface area contributed by atoms with Crippen molar-refractivity contribution in [1.82, 2.24) is 0 Å². The second kappa shape index (κ2) is 12.7. The van der Waals surface area contributed by atoms with Gasteiger partial charge in [-0.05, 0) is 54.9 Å². The Morgan fingerprint density at radius 2 is 1.43 bits per heavy atom. The van der Waals surface area contributed by atoms with Gasteiger partial charge in [0, 0.05) is 24.3 Å². The second-order valence-electron chi connectivity index (χ2n) is 9.48. The average Bonchev–Trinajstić information content (AvgIpc) is 2.89. The Labute approximate surface area is 231 Å². The summed E-state index contributed by atoms with van der Waals surface area (Å²) in [7, 11) is -9.77. The molecular formula is C25H28N2O11S2. The molecule has 40 heavy (non-hydrogen) atoms. The summed E-state index contributed by atoms with van der Waals surface area (Å²) in [4.78, 5) is 31.9. The Kier molecular flexibility index (Phi) is 9.76. The van der Waals surface area contributed by atoms with Gasteiger partial charge in [0.05, 0.1) is 15.8 Å². The predicted molar refractivity (Wildman–Crippen MR) is 143 cm³/mol. The first-order valence-electron chi connectivity index (χ1n) is 12.4. The summed E-state index contributed by atoms with van der Waals surface area (Å²) in [6.07, 6.45) is 7.72. The first kappa shape index (κ1) is 30.8. The Morgan fingerprint density at radius 1 is 0.925 bits per heavy atom. The first-order valence-corrected chi connectivity index (χ1v) is 15.3. The molecule has 0 heterocycles. The quantitative estimate of drug-likeness (QED) is 0.118. The number of nitro benzene ring substituents is 2. The van der Waals surface area contributed by atoms with Gasteiger partial charge in [0.2, 0.25) is 0 Å². The van der Waals surface area contributed by atoms with Gasteiger partial charge in [0.15, 0.2) is 0 Å². The van der Waals surface area contributed by atoms with Gasteiger partial charge in [-0.15, -0.1) is 0 Å². The Morgan fingerprint density at radius 3 is 1.90 bits per heavy atom. The molecule has 0 unspecified atom stereocenters. The summed E-state index contributed by atoms with van der Waals surface area (Å²) < 4.78 is 64.3. The molecule has 1 fully saturated rings. The number of carbonyl (C=O) groups excluding carboxylic acids is 1. The maximum atomic E-state index is 13.1. The lowest BCUT2D eigenvalue weighted by Crippen LogP contribution is -2.26. The van der Waals surface area contributed by atoms with Crippen LogP contribution in [0.25, 0.3) is 12.2 Å². The standard InChI is InChI=1S/C25H28N2O11S2/c1-2-3-4-17-5-7-20(8-6-17)25(28)38-40(36,37)24-16-22(27(31)32)14-12-19(24)10-9-18-11-13-21(26(29)30)15-23(18)39(33,34)35/h9-17,20H,2-8H2,1H3,(H,33,34,35)/b10-9+. The minimum atomic E-state index is -4.92. The second-order valence-corrected chi connectivity index (χ2v) is 12.4. The summed E-state index contributed by atoms with van der Waals surface area (Å²) in [6.45, 7) is 2.09. The zero-order valence-corrected chi connectivity index (χ0v) is 23.1. The van der Waals surface area contributed by atoms with Crippen LogP contribution in [0.1, 0.15) is 63.0 Å². The van der Waals surface area contributed by atoms with Crippen LogP contribution < -0.4 is 0 Å². The van der Waals surface area contributed by atoms with Crippen molar-refractivity contribution in [3.63, 3.8) is 0 Å². The minimum Gasteiger partial charge on any atom is -0.342 e. The Balaban J connectivity index is 1.93. The topological polar surface area (TPSA) is 201 Å². The molecule has 0 bridgehead atoms. The molecule has 1 N–H and O–H groups in total. The van der Waals surface area contributed by atoms with Crippen LogP contribution in [-0.4, -0.2) is 37.2 Å². The fourth-order valence-electron chi connectivity index (χ4n) is 4.57. The van der Waals surface area contributed by atoms with E-state index in [4.69, 9.17) is 4.18 Å². The molecule has 0 amide bonds. The van der Waals surface area contributed by atoms with E-state index in [1.54, 1.807) is 0 Å². The lowest BCUT2D eigenvalue weighted by molar-refractivity contribution is -0.385. The molecule has 1 aliphatic rings. The maximum absolute atomic E-state index is 13.1. The number of nitrogens with zero attached hydrogens (tertiary/aromatic N) is 2. The summed E-state index contributed by atoms with van der Waals surface area (Å²) in [5, 5.41) is 22.3. The van der Waals surface area contributed by atoms with E-state index in [1.807, 2.05) is 0 Å². The number of hydrogen-bond donors (Lipinski definition) is 1. The number of unbranched alkanes of at least 4 members (excludes halogenated alkanes) is 1. The predicted octanol–water partition coefficient (Wildman–Crippen LogP) is 5.15. The zero-order valence-electron chi connectivity index (χ0n) is 21.5. The van der Waals surface area contributed by atoms with Crippen molar-refractivity contribution in [2.24, 2.45) is 11.8 Å². The van der Waals surface area contributed by atoms with E-state index in [0.29, 0.717) is 30.9 Å². The molecule has 1 saturated carbocycles. The largest absolute Gasteiger partial charge is 0.342 e. The molecular weight excluding hydrogens is 568 g/mol. The highest BCUT2D eigenvalue weighted by Gasteiger charge is 2.32. The van der Waals surface area contributed by atoms with Crippen LogP contribution in [0, 0.1) is 32.1 Å². The molecule has 2 aromatic carbocycles. The van der Waals surface area contributed by atoms with Gasteiger partial charge >= 0.3 is 16.1 Å². The highest BCUT2D eigenvalue weighted by atomic mass is 32.2. The normalized spacial score (nSPS) is 17.9. The molecule has 13 nitrogen and oxygen atoms in total. The van der Waals surface area contributed by atoms with Gasteiger partial charge in [0.1, 0.15) is 9.79 Å². The molecule has 3 rings (SSSR count). The fourth-order valence-corrected chi connectivity index (χ4v) is 6.40. The minimum absolute atomic E-state index is 0.193. The SMILES string of the molecule is CCCCC1CCC(C(=O)OS(=O)(=O)c2cc([N+](=O)[O-])ccc2/C=C/c2ccc([N+](=O)[O-])cc2S(=O)(=O)O)CC1. The molecule has 216 valence electrons. The van der Waals surface area contributed by atoms with Crippen LogP contribution in [0.5, 0.6) is 0 Å². The molecule has 0 aliphatic heterocycles. The van der Waals surface area contributed by atoms with Crippen molar-refractivity contribution in [3.8, 4) is 0 Å². The maximum Gasteiger partial charge on any atom is 0.342 e. The molecule has 0 saturated heterocycles. The van der Waals surface area contributed by atoms with Crippen LogP contribution in [0.3, 0.4) is 0 Å². The third kappa shape index (κ3) is 7.70. The third-order valence-corrected chi connectivity index (χ3v) is 8.93. The number of rotatable bonds is 11. The molecule has 0 spiro atoms. The first-order chi connectivity index (χ1) is 18.7. The smallest absolute Gasteiger partial charge is 0.342 e. The molecule has 15 heteroatoms. The molecule has 0 aromatic heterocycles. The Bertz CT molecular complexity index is 1540. The van der Waals surface area contributed by atoms with Gasteiger partial charge in [-0.1, -0.05) is 38.3 Å². The summed E-state index contributed by atoms with van der Waals surface area (Å²) in [5.41, 5.74) is -1.64. The monoisotopic (exact) mass is 596 g/mol. The van der Waals surface area contributed by atoms with Crippen LogP contribution >= 0.6 is 0 Å². The van der Waals surface area contributed by atoms with E-state index in [1.165, 1.54) is 0 Å². The summed E-state index contributed by atoms with van der Waals surface area (Å²) in [6, 6.07) is 5.39. The zero-order chi connectivity index (χ0) is 29.7. The van der Waals surface area contributed by atoms with Crippen LogP contribution in [0.15, 0.2) is 46.2 Å². The van der Waals surface area contributed by atoms with E-state index in [-0.39, 0.29) is 11.1 Å². The molecule has 1 aliphatic carbocycles. The number of carbonyl (C=O) groups is 1. The number of benzene rings is 2. The van der Waals surface area contributed by atoms with Crippen molar-refractivity contribution < 1.29 is 40.2 Å². The van der Waals surface area contributed by atoms with E-state index in [0.717, 1.165) is 68.5 Å². The van der Waals surface area contributed by atoms with Crippen LogP contribution in [-0.2, 0) is 29.2 Å². The molecule has 2 aromatic rings. The van der Waals surface area contributed by atoms with Crippen molar-refractivity contribution in [2.75, 3.05) is 0 Å². The van der Waals surface area contributed by atoms with Gasteiger partial charge in [-0.3, -0.25) is 29.6 Å². The van der Waals surface area contributed by atoms with Crippen molar-refractivity contribution in [3.05, 3.63) is 67.8 Å². The van der Waals surface area contributed by atoms with E-state index in [9.17, 15) is 46.4 Å². The number of nitro groups is 2. The van der Waals surface area contributed by atoms with E-state index < -0.39 is 63.1 Å². The van der Waals surface area contributed by atoms with Gasteiger partial charge in [-0.2, -0.15) is 16.8 Å². The third-order valence-electron chi connectivity index (χ3n) is 6.74. The average molecular weight is 597 g/mol. The number of non-ortho nitro benzene ring substituents is 2. The number of hydrogen-bond acceptors (Lipinski definition) is 10. The highest BCUT2D eigenvalue weighted by molar-refractivity contribution is 7.87. The summed E-state index contributed by atoms with van der Waals surface area (Å²) >= 11 is 0. The van der Waals surface area contributed by atoms with Gasteiger partial charge in [0.25, 0.3) is 21.5 Å². The highest BCUT2D eigenvalue weighted by Crippen LogP contribution is 2.34. The van der Waals surface area contributed by atoms with Crippen molar-refractivity contribution in [1.29, 1.82) is 0 Å². The van der Waals surface area contributed by atoms with Gasteiger partial charge < -0.3 is 4.18 Å². The summed E-state index contributed by atoms with van der Waals surface area (Å²) in [5.74, 6) is -1.14. The van der Waals surface area contributed by atoms with Crippen LogP contribution in [0.4, 0.5) is 11.4 Å². The molecule has 0 atom stereocenters. The van der Waals surface area contributed by atoms with Crippen molar-refractivity contribution >= 4 is 49.7 Å². The fraction of sp³-hybridized carbons (Fsp3) is 0.400. The van der Waals surface area contributed by atoms with Gasteiger partial charge in [-0.25, -0.2) is 0 Å². The lowest BCUT2D eigenvalue weighted by atomic mass is 9.80. The van der Waals surface area contributed by atoms with Crippen molar-refractivity contribution in [2.45, 2.75) is 61.7 Å². The van der Waals surface area contributed by atoms with Crippen LogP contribution in [0.2, 0.25) is 0 Å².